The zero-order valence-electron chi connectivity index (χ0n) is 12.9. The standard InChI is InChI=1S/C16H24N2O3/c1-4-17-15-10-21-9-14(15)16(19)18-11(2)12-6-5-7-13(8-12)20-3/h5-8,11,14-15,17H,4,9-10H2,1-3H3,(H,18,19)/t11-,14?,15?/m0/s1. The van der Waals surface area contributed by atoms with E-state index in [1.54, 1.807) is 7.11 Å². The minimum atomic E-state index is -0.127. The Morgan fingerprint density at radius 3 is 3.00 bits per heavy atom. The maximum atomic E-state index is 12.4. The Kier molecular flexibility index (Phi) is 5.59. The Bertz CT molecular complexity index is 478. The van der Waals surface area contributed by atoms with E-state index in [2.05, 4.69) is 10.6 Å². The van der Waals surface area contributed by atoms with Gasteiger partial charge in [-0.1, -0.05) is 19.1 Å². The topological polar surface area (TPSA) is 59.6 Å². The predicted molar refractivity (Wildman–Crippen MR) is 81.3 cm³/mol. The fourth-order valence-electron chi connectivity index (χ4n) is 2.59. The SMILES string of the molecule is CCNC1COCC1C(=O)N[C@@H](C)c1cccc(OC)c1. The molecule has 116 valence electrons. The summed E-state index contributed by atoms with van der Waals surface area (Å²) in [5, 5.41) is 6.36. The second-order valence-electron chi connectivity index (χ2n) is 5.32. The molecule has 1 saturated heterocycles. The van der Waals surface area contributed by atoms with E-state index < -0.39 is 0 Å². The highest BCUT2D eigenvalue weighted by molar-refractivity contribution is 5.80. The second-order valence-corrected chi connectivity index (χ2v) is 5.32. The number of nitrogens with one attached hydrogen (secondary N) is 2. The number of methoxy groups -OCH3 is 1. The summed E-state index contributed by atoms with van der Waals surface area (Å²) < 4.78 is 10.6. The molecule has 2 rings (SSSR count). The molecule has 21 heavy (non-hydrogen) atoms. The van der Waals surface area contributed by atoms with Crippen LogP contribution >= 0.6 is 0 Å². The Balaban J connectivity index is 1.98. The Morgan fingerprint density at radius 2 is 2.29 bits per heavy atom. The lowest BCUT2D eigenvalue weighted by molar-refractivity contribution is -0.126. The van der Waals surface area contributed by atoms with E-state index in [0.29, 0.717) is 13.2 Å². The third-order valence-corrected chi connectivity index (χ3v) is 3.84. The zero-order valence-corrected chi connectivity index (χ0v) is 12.9. The van der Waals surface area contributed by atoms with Crippen LogP contribution in [0, 0.1) is 5.92 Å². The lowest BCUT2D eigenvalue weighted by Gasteiger charge is -2.21. The summed E-state index contributed by atoms with van der Waals surface area (Å²) >= 11 is 0. The molecule has 1 aliphatic rings. The number of benzene rings is 1. The summed E-state index contributed by atoms with van der Waals surface area (Å²) in [6.45, 7) is 5.92. The van der Waals surface area contributed by atoms with E-state index in [9.17, 15) is 4.79 Å². The molecule has 5 heteroatoms. The van der Waals surface area contributed by atoms with Crippen LogP contribution < -0.4 is 15.4 Å². The third-order valence-electron chi connectivity index (χ3n) is 3.84. The summed E-state index contributed by atoms with van der Waals surface area (Å²) in [6.07, 6.45) is 0. The van der Waals surface area contributed by atoms with Gasteiger partial charge in [-0.2, -0.15) is 0 Å². The Morgan fingerprint density at radius 1 is 1.48 bits per heavy atom. The number of hydrogen-bond acceptors (Lipinski definition) is 4. The molecule has 0 saturated carbocycles. The van der Waals surface area contributed by atoms with Crippen LogP contribution in [0.1, 0.15) is 25.5 Å². The van der Waals surface area contributed by atoms with Gasteiger partial charge in [-0.05, 0) is 31.2 Å². The quantitative estimate of drug-likeness (QED) is 0.834. The first-order chi connectivity index (χ1) is 10.2. The fraction of sp³-hybridized carbons (Fsp3) is 0.562. The third kappa shape index (κ3) is 3.95. The van der Waals surface area contributed by atoms with Gasteiger partial charge in [0.25, 0.3) is 0 Å². The van der Waals surface area contributed by atoms with Crippen LogP contribution in [-0.4, -0.2) is 38.8 Å². The van der Waals surface area contributed by atoms with Gasteiger partial charge in [0.1, 0.15) is 5.75 Å². The molecule has 1 fully saturated rings. The van der Waals surface area contributed by atoms with Crippen LogP contribution in [0.15, 0.2) is 24.3 Å². The largest absolute Gasteiger partial charge is 0.497 e. The minimum Gasteiger partial charge on any atom is -0.497 e. The highest BCUT2D eigenvalue weighted by Gasteiger charge is 2.33. The monoisotopic (exact) mass is 292 g/mol. The molecule has 3 atom stereocenters. The van der Waals surface area contributed by atoms with E-state index in [4.69, 9.17) is 9.47 Å². The molecule has 1 heterocycles. The van der Waals surface area contributed by atoms with Crippen molar-refractivity contribution in [2.75, 3.05) is 26.9 Å². The van der Waals surface area contributed by atoms with Crippen LogP contribution in [0.25, 0.3) is 0 Å². The van der Waals surface area contributed by atoms with E-state index in [0.717, 1.165) is 17.9 Å². The summed E-state index contributed by atoms with van der Waals surface area (Å²) in [7, 11) is 1.64. The Hall–Kier alpha value is -1.59. The molecule has 2 N–H and O–H groups in total. The summed E-state index contributed by atoms with van der Waals surface area (Å²) in [5.74, 6) is 0.704. The molecular formula is C16H24N2O3. The van der Waals surface area contributed by atoms with E-state index >= 15 is 0 Å². The number of ether oxygens (including phenoxy) is 2. The van der Waals surface area contributed by atoms with Crippen LogP contribution in [0.5, 0.6) is 5.75 Å². The van der Waals surface area contributed by atoms with Crippen molar-refractivity contribution < 1.29 is 14.3 Å². The first kappa shape index (κ1) is 15.8. The van der Waals surface area contributed by atoms with Crippen LogP contribution in [0.3, 0.4) is 0 Å². The van der Waals surface area contributed by atoms with Crippen LogP contribution in [0.4, 0.5) is 0 Å². The van der Waals surface area contributed by atoms with Crippen molar-refractivity contribution in [1.29, 1.82) is 0 Å². The highest BCUT2D eigenvalue weighted by atomic mass is 16.5. The number of amides is 1. The first-order valence-electron chi connectivity index (χ1n) is 7.41. The van der Waals surface area contributed by atoms with Gasteiger partial charge in [-0.3, -0.25) is 4.79 Å². The zero-order chi connectivity index (χ0) is 15.2. The average molecular weight is 292 g/mol. The number of hydrogen-bond donors (Lipinski definition) is 2. The molecule has 1 amide bonds. The van der Waals surface area contributed by atoms with Gasteiger partial charge >= 0.3 is 0 Å². The molecule has 5 nitrogen and oxygen atoms in total. The number of carbonyl (C=O) groups is 1. The van der Waals surface area contributed by atoms with Gasteiger partial charge < -0.3 is 20.1 Å². The molecule has 0 aromatic heterocycles. The van der Waals surface area contributed by atoms with Crippen molar-refractivity contribution in [3.63, 3.8) is 0 Å². The van der Waals surface area contributed by atoms with Crippen molar-refractivity contribution in [3.05, 3.63) is 29.8 Å². The maximum Gasteiger partial charge on any atom is 0.227 e. The maximum absolute atomic E-state index is 12.4. The Labute approximate surface area is 126 Å². The highest BCUT2D eigenvalue weighted by Crippen LogP contribution is 2.20. The van der Waals surface area contributed by atoms with Crippen LogP contribution in [-0.2, 0) is 9.53 Å². The van der Waals surface area contributed by atoms with Gasteiger partial charge in [0.2, 0.25) is 5.91 Å². The smallest absolute Gasteiger partial charge is 0.227 e. The molecular weight excluding hydrogens is 268 g/mol. The molecule has 1 aromatic rings. The normalized spacial score (nSPS) is 22.8. The van der Waals surface area contributed by atoms with Crippen molar-refractivity contribution in [3.8, 4) is 5.75 Å². The van der Waals surface area contributed by atoms with Gasteiger partial charge in [-0.25, -0.2) is 0 Å². The predicted octanol–water partition coefficient (Wildman–Crippen LogP) is 1.50. The number of carbonyl (C=O) groups excluding carboxylic acids is 1. The second kappa shape index (κ2) is 7.43. The van der Waals surface area contributed by atoms with Gasteiger partial charge in [-0.15, -0.1) is 0 Å². The van der Waals surface area contributed by atoms with Gasteiger partial charge in [0, 0.05) is 6.04 Å². The molecule has 0 aliphatic carbocycles. The van der Waals surface area contributed by atoms with Crippen molar-refractivity contribution in [2.45, 2.75) is 25.9 Å². The molecule has 1 aromatic carbocycles. The van der Waals surface area contributed by atoms with E-state index in [-0.39, 0.29) is 23.9 Å². The van der Waals surface area contributed by atoms with Crippen molar-refractivity contribution in [2.24, 2.45) is 5.92 Å². The lowest BCUT2D eigenvalue weighted by atomic mass is 10.0. The molecule has 1 aliphatic heterocycles. The number of likely N-dealkylation sites (N-methyl/N-ethyl adjacent to an activating group) is 1. The van der Waals surface area contributed by atoms with Crippen molar-refractivity contribution in [1.82, 2.24) is 10.6 Å². The molecule has 0 spiro atoms. The summed E-state index contributed by atoms with van der Waals surface area (Å²) in [5.41, 5.74) is 1.03. The molecule has 0 bridgehead atoms. The van der Waals surface area contributed by atoms with E-state index in [1.807, 2.05) is 38.1 Å². The van der Waals surface area contributed by atoms with Gasteiger partial charge in [0.05, 0.1) is 32.3 Å². The van der Waals surface area contributed by atoms with Gasteiger partial charge in [0.15, 0.2) is 0 Å². The summed E-state index contributed by atoms with van der Waals surface area (Å²) in [4.78, 5) is 12.4. The molecule has 2 unspecified atom stereocenters. The first-order valence-corrected chi connectivity index (χ1v) is 7.41. The number of rotatable bonds is 6. The van der Waals surface area contributed by atoms with E-state index in [1.165, 1.54) is 0 Å². The van der Waals surface area contributed by atoms with Crippen molar-refractivity contribution >= 4 is 5.91 Å². The fourth-order valence-corrected chi connectivity index (χ4v) is 2.59. The summed E-state index contributed by atoms with van der Waals surface area (Å²) in [6, 6.07) is 7.79. The minimum absolute atomic E-state index is 0.0359. The average Bonchev–Trinajstić information content (AvgIpc) is 2.96. The lowest BCUT2D eigenvalue weighted by Crippen LogP contribution is -2.44. The van der Waals surface area contributed by atoms with Crippen LogP contribution in [0.2, 0.25) is 0 Å². The molecule has 0 radical (unpaired) electrons.